The minimum atomic E-state index is -0.780. The third-order valence-electron chi connectivity index (χ3n) is 6.48. The Balaban J connectivity index is 1.84. The summed E-state index contributed by atoms with van der Waals surface area (Å²) in [6, 6.07) is 14.3. The maximum Gasteiger partial charge on any atom is 0.251 e. The fourth-order valence-electron chi connectivity index (χ4n) is 4.34. The molecule has 3 rings (SSSR count). The van der Waals surface area contributed by atoms with Gasteiger partial charge in [0.15, 0.2) is 0 Å². The number of aliphatic hydroxyl groups excluding tert-OH is 1. The molecule has 0 saturated heterocycles. The van der Waals surface area contributed by atoms with Gasteiger partial charge in [-0.1, -0.05) is 45.0 Å². The van der Waals surface area contributed by atoms with Crippen LogP contribution >= 0.6 is 0 Å². The van der Waals surface area contributed by atoms with Crippen molar-refractivity contribution < 1.29 is 19.4 Å². The van der Waals surface area contributed by atoms with Gasteiger partial charge in [-0.3, -0.25) is 9.59 Å². The van der Waals surface area contributed by atoms with Gasteiger partial charge in [0.25, 0.3) is 5.91 Å². The summed E-state index contributed by atoms with van der Waals surface area (Å²) in [6.07, 6.45) is 2.16. The van der Waals surface area contributed by atoms with E-state index in [0.29, 0.717) is 42.7 Å². The van der Waals surface area contributed by atoms with E-state index < -0.39 is 6.04 Å². The van der Waals surface area contributed by atoms with Gasteiger partial charge in [0.1, 0.15) is 11.8 Å². The third-order valence-corrected chi connectivity index (χ3v) is 6.48. The van der Waals surface area contributed by atoms with Crippen molar-refractivity contribution in [3.05, 3.63) is 59.7 Å². The van der Waals surface area contributed by atoms with Crippen LogP contribution in [0.2, 0.25) is 0 Å². The number of rotatable bonds is 6. The van der Waals surface area contributed by atoms with Crippen LogP contribution < -0.4 is 10.1 Å². The molecule has 0 aliphatic heterocycles. The smallest absolute Gasteiger partial charge is 0.251 e. The number of hydrogen-bond donors (Lipinski definition) is 2. The molecule has 2 aromatic rings. The first-order chi connectivity index (χ1) is 15.6. The minimum absolute atomic E-state index is 0.0222. The summed E-state index contributed by atoms with van der Waals surface area (Å²) in [7, 11) is 3.28. The van der Waals surface area contributed by atoms with E-state index in [1.807, 2.05) is 36.4 Å². The Morgan fingerprint density at radius 2 is 1.58 bits per heavy atom. The van der Waals surface area contributed by atoms with Gasteiger partial charge in [0.05, 0.1) is 13.2 Å². The SMILES string of the molecule is COc1ccc(C(C(=O)Nc2ccc(C(C)(C)C)cc2)N(C)C(=O)C2CCC(O)CC2)cc1. The molecule has 2 N–H and O–H groups in total. The van der Waals surface area contributed by atoms with Gasteiger partial charge in [-0.2, -0.15) is 0 Å². The number of aliphatic hydroxyl groups is 1. The van der Waals surface area contributed by atoms with Gasteiger partial charge >= 0.3 is 0 Å². The summed E-state index contributed by atoms with van der Waals surface area (Å²) >= 11 is 0. The zero-order valence-electron chi connectivity index (χ0n) is 20.3. The molecule has 1 fully saturated rings. The minimum Gasteiger partial charge on any atom is -0.497 e. The zero-order valence-corrected chi connectivity index (χ0v) is 20.3. The number of nitrogens with one attached hydrogen (secondary N) is 1. The first-order valence-electron chi connectivity index (χ1n) is 11.6. The van der Waals surface area contributed by atoms with Gasteiger partial charge in [-0.15, -0.1) is 0 Å². The van der Waals surface area contributed by atoms with E-state index >= 15 is 0 Å². The number of nitrogens with zero attached hydrogens (tertiary/aromatic N) is 1. The fourth-order valence-corrected chi connectivity index (χ4v) is 4.34. The lowest BCUT2D eigenvalue weighted by atomic mass is 9.86. The second-order valence-corrected chi connectivity index (χ2v) is 9.95. The highest BCUT2D eigenvalue weighted by molar-refractivity contribution is 5.98. The lowest BCUT2D eigenvalue weighted by Gasteiger charge is -2.33. The van der Waals surface area contributed by atoms with Crippen LogP contribution in [0.25, 0.3) is 0 Å². The Morgan fingerprint density at radius 3 is 2.09 bits per heavy atom. The molecule has 178 valence electrons. The maximum atomic E-state index is 13.5. The predicted molar refractivity (Wildman–Crippen MR) is 130 cm³/mol. The number of likely N-dealkylation sites (N-methyl/N-ethyl adjacent to an activating group) is 1. The van der Waals surface area contributed by atoms with E-state index in [0.717, 1.165) is 0 Å². The second-order valence-electron chi connectivity index (χ2n) is 9.95. The summed E-state index contributed by atoms with van der Waals surface area (Å²) in [5.74, 6) is 0.167. The quantitative estimate of drug-likeness (QED) is 0.667. The number of amides is 2. The van der Waals surface area contributed by atoms with Crippen molar-refractivity contribution >= 4 is 17.5 Å². The Labute approximate surface area is 196 Å². The van der Waals surface area contributed by atoms with Gasteiger partial charge in [-0.25, -0.2) is 0 Å². The van der Waals surface area contributed by atoms with E-state index in [2.05, 4.69) is 26.1 Å². The molecule has 0 aromatic heterocycles. The number of hydrogen-bond acceptors (Lipinski definition) is 4. The number of ether oxygens (including phenoxy) is 1. The highest BCUT2D eigenvalue weighted by atomic mass is 16.5. The molecular formula is C27H36N2O4. The van der Waals surface area contributed by atoms with E-state index in [1.165, 1.54) is 5.56 Å². The third kappa shape index (κ3) is 6.14. The molecule has 0 bridgehead atoms. The highest BCUT2D eigenvalue weighted by Crippen LogP contribution is 2.31. The molecule has 2 aromatic carbocycles. The van der Waals surface area contributed by atoms with Crippen LogP contribution in [0.3, 0.4) is 0 Å². The molecule has 33 heavy (non-hydrogen) atoms. The first-order valence-corrected chi connectivity index (χ1v) is 11.6. The molecule has 6 nitrogen and oxygen atoms in total. The van der Waals surface area contributed by atoms with Crippen molar-refractivity contribution in [3.63, 3.8) is 0 Å². The average molecular weight is 453 g/mol. The topological polar surface area (TPSA) is 78.9 Å². The van der Waals surface area contributed by atoms with E-state index in [1.54, 1.807) is 31.2 Å². The van der Waals surface area contributed by atoms with Gasteiger partial charge in [-0.05, 0) is 66.5 Å². The zero-order chi connectivity index (χ0) is 24.2. The van der Waals surface area contributed by atoms with Gasteiger partial charge < -0.3 is 20.1 Å². The van der Waals surface area contributed by atoms with Crippen molar-refractivity contribution in [1.29, 1.82) is 0 Å². The number of anilines is 1. The van der Waals surface area contributed by atoms with E-state index in [4.69, 9.17) is 4.74 Å². The molecule has 1 saturated carbocycles. The highest BCUT2D eigenvalue weighted by Gasteiger charge is 2.34. The van der Waals surface area contributed by atoms with E-state index in [-0.39, 0.29) is 29.3 Å². The molecule has 2 amide bonds. The van der Waals surface area contributed by atoms with Crippen LogP contribution in [-0.4, -0.2) is 42.1 Å². The second kappa shape index (κ2) is 10.4. The largest absolute Gasteiger partial charge is 0.497 e. The van der Waals surface area contributed by atoms with Crippen LogP contribution in [0.15, 0.2) is 48.5 Å². The molecule has 1 unspecified atom stereocenters. The summed E-state index contributed by atoms with van der Waals surface area (Å²) < 4.78 is 5.25. The Kier molecular flexibility index (Phi) is 7.80. The van der Waals surface area contributed by atoms with Crippen molar-refractivity contribution in [3.8, 4) is 5.75 Å². The molecule has 1 aliphatic carbocycles. The van der Waals surface area contributed by atoms with Crippen molar-refractivity contribution in [1.82, 2.24) is 4.90 Å². The Bertz CT molecular complexity index is 940. The van der Waals surface area contributed by atoms with Gasteiger partial charge in [0, 0.05) is 18.7 Å². The molecule has 0 radical (unpaired) electrons. The summed E-state index contributed by atoms with van der Waals surface area (Å²) in [5, 5.41) is 12.8. The number of benzene rings is 2. The lowest BCUT2D eigenvalue weighted by molar-refractivity contribution is -0.142. The molecule has 1 atom stereocenters. The molecule has 0 spiro atoms. The number of methoxy groups -OCH3 is 1. The standard InChI is InChI=1S/C27H36N2O4/c1-27(2,3)20-10-12-21(13-11-20)28-25(31)24(18-8-16-23(33-5)17-9-18)29(4)26(32)19-6-14-22(30)15-7-19/h8-13,16-17,19,22,24,30H,6-7,14-15H2,1-5H3,(H,28,31). The van der Waals surface area contributed by atoms with Crippen LogP contribution in [0.4, 0.5) is 5.69 Å². The predicted octanol–water partition coefficient (Wildman–Crippen LogP) is 4.68. The lowest BCUT2D eigenvalue weighted by Crippen LogP contribution is -2.42. The first kappa shape index (κ1) is 24.8. The summed E-state index contributed by atoms with van der Waals surface area (Å²) in [5.41, 5.74) is 2.60. The molecule has 6 heteroatoms. The molecule has 1 aliphatic rings. The van der Waals surface area contributed by atoms with Crippen LogP contribution in [0.5, 0.6) is 5.75 Å². The van der Waals surface area contributed by atoms with Gasteiger partial charge in [0.2, 0.25) is 5.91 Å². The van der Waals surface area contributed by atoms with Crippen LogP contribution in [0, 0.1) is 5.92 Å². The van der Waals surface area contributed by atoms with Crippen molar-refractivity contribution in [2.45, 2.75) is 64.0 Å². The van der Waals surface area contributed by atoms with Crippen molar-refractivity contribution in [2.24, 2.45) is 5.92 Å². The fraction of sp³-hybridized carbons (Fsp3) is 0.481. The average Bonchev–Trinajstić information content (AvgIpc) is 2.79. The Hall–Kier alpha value is -2.86. The van der Waals surface area contributed by atoms with Crippen LogP contribution in [-0.2, 0) is 15.0 Å². The Morgan fingerprint density at radius 1 is 1.00 bits per heavy atom. The van der Waals surface area contributed by atoms with Crippen LogP contribution in [0.1, 0.15) is 63.6 Å². The molecular weight excluding hydrogens is 416 g/mol. The number of carbonyl (C=O) groups excluding carboxylic acids is 2. The summed E-state index contributed by atoms with van der Waals surface area (Å²) in [6.45, 7) is 6.43. The molecule has 0 heterocycles. The van der Waals surface area contributed by atoms with E-state index in [9.17, 15) is 14.7 Å². The monoisotopic (exact) mass is 452 g/mol. The summed E-state index contributed by atoms with van der Waals surface area (Å²) in [4.78, 5) is 28.3. The van der Waals surface area contributed by atoms with Crippen molar-refractivity contribution in [2.75, 3.05) is 19.5 Å². The normalized spacial score (nSPS) is 19.5. The number of carbonyl (C=O) groups is 2. The maximum absolute atomic E-state index is 13.5.